The molecule has 0 atom stereocenters. The molecule has 0 saturated carbocycles. The Morgan fingerprint density at radius 3 is 2.26 bits per heavy atom. The van der Waals surface area contributed by atoms with Crippen LogP contribution < -0.4 is 9.47 Å². The SMILES string of the molecule is COc1cc(C=Nc2ccc(-c3ccccc3)cc2)ccc1OC(=O)c1ccncc1. The number of hydrogen-bond acceptors (Lipinski definition) is 5. The lowest BCUT2D eigenvalue weighted by Gasteiger charge is -2.10. The molecule has 1 heterocycles. The molecular formula is C26H20N2O3. The van der Waals surface area contributed by atoms with Gasteiger partial charge in [-0.15, -0.1) is 0 Å². The van der Waals surface area contributed by atoms with Crippen molar-refractivity contribution in [2.75, 3.05) is 7.11 Å². The highest BCUT2D eigenvalue weighted by molar-refractivity contribution is 5.91. The third-order valence-electron chi connectivity index (χ3n) is 4.64. The highest BCUT2D eigenvalue weighted by Crippen LogP contribution is 2.29. The predicted octanol–water partition coefficient (Wildman–Crippen LogP) is 5.73. The molecule has 5 nitrogen and oxygen atoms in total. The fraction of sp³-hybridized carbons (Fsp3) is 0.0385. The molecule has 31 heavy (non-hydrogen) atoms. The standard InChI is InChI=1S/C26H20N2O3/c1-30-25-17-19(7-12-24(25)31-26(29)22-13-15-27-16-14-22)18-28-23-10-8-21(9-11-23)20-5-3-2-4-6-20/h2-18H,1H3. The molecule has 1 aromatic heterocycles. The van der Waals surface area contributed by atoms with E-state index >= 15 is 0 Å². The lowest BCUT2D eigenvalue weighted by atomic mass is 10.1. The summed E-state index contributed by atoms with van der Waals surface area (Å²) in [7, 11) is 1.53. The number of rotatable bonds is 6. The summed E-state index contributed by atoms with van der Waals surface area (Å²) in [5.41, 5.74) is 4.39. The van der Waals surface area contributed by atoms with Crippen LogP contribution in [0.5, 0.6) is 11.5 Å². The van der Waals surface area contributed by atoms with Gasteiger partial charge in [-0.1, -0.05) is 42.5 Å². The number of benzene rings is 3. The summed E-state index contributed by atoms with van der Waals surface area (Å²) in [6.45, 7) is 0. The number of carbonyl (C=O) groups excluding carboxylic acids is 1. The summed E-state index contributed by atoms with van der Waals surface area (Å²) in [5, 5.41) is 0. The van der Waals surface area contributed by atoms with Gasteiger partial charge in [0.15, 0.2) is 11.5 Å². The van der Waals surface area contributed by atoms with Crippen molar-refractivity contribution in [2.24, 2.45) is 4.99 Å². The first-order valence-electron chi connectivity index (χ1n) is 9.73. The molecule has 3 aromatic carbocycles. The zero-order valence-corrected chi connectivity index (χ0v) is 16.9. The second-order valence-corrected chi connectivity index (χ2v) is 6.71. The first kappa shape index (κ1) is 20.0. The van der Waals surface area contributed by atoms with Crippen LogP contribution in [0, 0.1) is 0 Å². The van der Waals surface area contributed by atoms with Gasteiger partial charge in [-0.25, -0.2) is 4.79 Å². The zero-order chi connectivity index (χ0) is 21.5. The molecule has 0 fully saturated rings. The topological polar surface area (TPSA) is 60.8 Å². The predicted molar refractivity (Wildman–Crippen MR) is 121 cm³/mol. The Bertz CT molecular complexity index is 1190. The minimum atomic E-state index is -0.472. The van der Waals surface area contributed by atoms with Gasteiger partial charge in [0, 0.05) is 18.6 Å². The number of esters is 1. The van der Waals surface area contributed by atoms with Crippen LogP contribution >= 0.6 is 0 Å². The monoisotopic (exact) mass is 408 g/mol. The minimum absolute atomic E-state index is 0.341. The summed E-state index contributed by atoms with van der Waals surface area (Å²) in [4.78, 5) is 20.7. The van der Waals surface area contributed by atoms with Crippen molar-refractivity contribution in [3.05, 3.63) is 108 Å². The van der Waals surface area contributed by atoms with Crippen LogP contribution in [0.4, 0.5) is 5.69 Å². The van der Waals surface area contributed by atoms with Crippen LogP contribution in [-0.4, -0.2) is 24.3 Å². The van der Waals surface area contributed by atoms with Gasteiger partial charge >= 0.3 is 5.97 Å². The van der Waals surface area contributed by atoms with Crippen molar-refractivity contribution in [3.63, 3.8) is 0 Å². The van der Waals surface area contributed by atoms with Crippen molar-refractivity contribution < 1.29 is 14.3 Å². The molecule has 0 spiro atoms. The Morgan fingerprint density at radius 1 is 0.839 bits per heavy atom. The number of nitrogens with zero attached hydrogens (tertiary/aromatic N) is 2. The van der Waals surface area contributed by atoms with E-state index in [1.807, 2.05) is 48.5 Å². The summed E-state index contributed by atoms with van der Waals surface area (Å²) in [6.07, 6.45) is 4.83. The number of carbonyl (C=O) groups is 1. The van der Waals surface area contributed by atoms with Gasteiger partial charge in [0.1, 0.15) is 0 Å². The largest absolute Gasteiger partial charge is 0.493 e. The highest BCUT2D eigenvalue weighted by Gasteiger charge is 2.12. The molecule has 0 aliphatic heterocycles. The van der Waals surface area contributed by atoms with E-state index < -0.39 is 5.97 Å². The average Bonchev–Trinajstić information content (AvgIpc) is 2.84. The first-order valence-corrected chi connectivity index (χ1v) is 9.73. The van der Waals surface area contributed by atoms with E-state index in [1.54, 1.807) is 42.9 Å². The Balaban J connectivity index is 1.47. The molecule has 0 bridgehead atoms. The van der Waals surface area contributed by atoms with E-state index in [9.17, 15) is 4.79 Å². The van der Waals surface area contributed by atoms with Gasteiger partial charge in [-0.05, 0) is 59.2 Å². The maximum Gasteiger partial charge on any atom is 0.343 e. The number of aliphatic imine (C=N–C) groups is 1. The smallest absolute Gasteiger partial charge is 0.343 e. The molecule has 152 valence electrons. The summed E-state index contributed by atoms with van der Waals surface area (Å²) >= 11 is 0. The fourth-order valence-corrected chi connectivity index (χ4v) is 3.02. The van der Waals surface area contributed by atoms with Gasteiger partial charge in [0.25, 0.3) is 0 Å². The van der Waals surface area contributed by atoms with Crippen LogP contribution in [0.1, 0.15) is 15.9 Å². The molecule has 5 heteroatoms. The fourth-order valence-electron chi connectivity index (χ4n) is 3.02. The van der Waals surface area contributed by atoms with Crippen LogP contribution in [-0.2, 0) is 0 Å². The van der Waals surface area contributed by atoms with Crippen LogP contribution in [0.3, 0.4) is 0 Å². The van der Waals surface area contributed by atoms with E-state index in [0.29, 0.717) is 17.1 Å². The molecule has 0 aliphatic carbocycles. The van der Waals surface area contributed by atoms with E-state index in [0.717, 1.165) is 16.8 Å². The number of hydrogen-bond donors (Lipinski definition) is 0. The normalized spacial score (nSPS) is 10.7. The lowest BCUT2D eigenvalue weighted by Crippen LogP contribution is -2.09. The van der Waals surface area contributed by atoms with Gasteiger partial charge in [0.05, 0.1) is 18.4 Å². The number of aromatic nitrogens is 1. The van der Waals surface area contributed by atoms with Gasteiger partial charge < -0.3 is 9.47 Å². The van der Waals surface area contributed by atoms with E-state index in [-0.39, 0.29) is 0 Å². The first-order chi connectivity index (χ1) is 15.2. The summed E-state index contributed by atoms with van der Waals surface area (Å²) < 4.78 is 10.8. The van der Waals surface area contributed by atoms with Gasteiger partial charge in [0.2, 0.25) is 0 Å². The number of methoxy groups -OCH3 is 1. The maximum atomic E-state index is 12.3. The highest BCUT2D eigenvalue weighted by atomic mass is 16.6. The molecule has 4 aromatic rings. The van der Waals surface area contributed by atoms with Crippen LogP contribution in [0.25, 0.3) is 11.1 Å². The second-order valence-electron chi connectivity index (χ2n) is 6.71. The van der Waals surface area contributed by atoms with Crippen LogP contribution in [0.2, 0.25) is 0 Å². The molecule has 0 saturated heterocycles. The van der Waals surface area contributed by atoms with Crippen molar-refractivity contribution in [1.29, 1.82) is 0 Å². The Morgan fingerprint density at radius 2 is 1.55 bits per heavy atom. The molecular weight excluding hydrogens is 388 g/mol. The van der Waals surface area contributed by atoms with Crippen molar-refractivity contribution in [1.82, 2.24) is 4.98 Å². The van der Waals surface area contributed by atoms with Crippen molar-refractivity contribution >= 4 is 17.9 Å². The molecule has 0 unspecified atom stereocenters. The Kier molecular flexibility index (Phi) is 6.14. The summed E-state index contributed by atoms with van der Waals surface area (Å²) in [5.74, 6) is 0.320. The van der Waals surface area contributed by atoms with Crippen LogP contribution in [0.15, 0.2) is 102 Å². The molecule has 0 aliphatic rings. The Labute approximate surface area is 180 Å². The minimum Gasteiger partial charge on any atom is -0.493 e. The van der Waals surface area contributed by atoms with Crippen molar-refractivity contribution in [3.8, 4) is 22.6 Å². The second kappa shape index (κ2) is 9.50. The van der Waals surface area contributed by atoms with E-state index in [1.165, 1.54) is 12.7 Å². The molecule has 0 N–H and O–H groups in total. The van der Waals surface area contributed by atoms with E-state index in [4.69, 9.17) is 9.47 Å². The van der Waals surface area contributed by atoms with Gasteiger partial charge in [-0.2, -0.15) is 0 Å². The maximum absolute atomic E-state index is 12.3. The number of ether oxygens (including phenoxy) is 2. The molecule has 0 amide bonds. The van der Waals surface area contributed by atoms with E-state index in [2.05, 4.69) is 22.1 Å². The Hall–Kier alpha value is -4.25. The quantitative estimate of drug-likeness (QED) is 0.232. The van der Waals surface area contributed by atoms with Crippen molar-refractivity contribution in [2.45, 2.75) is 0 Å². The average molecular weight is 408 g/mol. The molecule has 4 rings (SSSR count). The van der Waals surface area contributed by atoms with Gasteiger partial charge in [-0.3, -0.25) is 9.98 Å². The zero-order valence-electron chi connectivity index (χ0n) is 16.9. The number of pyridine rings is 1. The summed E-state index contributed by atoms with van der Waals surface area (Å²) in [6, 6.07) is 26.7. The third-order valence-corrected chi connectivity index (χ3v) is 4.64. The third kappa shape index (κ3) is 5.03. The lowest BCUT2D eigenvalue weighted by molar-refractivity contribution is 0.0729. The molecule has 0 radical (unpaired) electrons.